The summed E-state index contributed by atoms with van der Waals surface area (Å²) in [5.41, 5.74) is 0.532. The monoisotopic (exact) mass is 333 g/mol. The van der Waals surface area contributed by atoms with Crippen LogP contribution in [0.3, 0.4) is 0 Å². The lowest BCUT2D eigenvalue weighted by Crippen LogP contribution is -2.32. The Kier molecular flexibility index (Phi) is 4.49. The molecule has 2 aromatic rings. The summed E-state index contributed by atoms with van der Waals surface area (Å²) in [5.74, 6) is 0.955. The Hall–Kier alpha value is -1.79. The van der Waals surface area contributed by atoms with Gasteiger partial charge in [0.15, 0.2) is 0 Å². The van der Waals surface area contributed by atoms with E-state index >= 15 is 0 Å². The standard InChI is InChI=1S/C16H15NO3S2/c1-2-7-17-15(18)13(12-6-4-9-21-12)14(16(17)19)22-10-11-5-3-8-20-11/h3-6,8-9H,2,7,10H2,1H3. The van der Waals surface area contributed by atoms with Crippen molar-refractivity contribution >= 4 is 40.5 Å². The van der Waals surface area contributed by atoms with E-state index in [1.54, 1.807) is 6.26 Å². The number of carbonyl (C=O) groups is 2. The van der Waals surface area contributed by atoms with E-state index in [1.807, 2.05) is 36.6 Å². The molecular weight excluding hydrogens is 318 g/mol. The molecule has 0 saturated heterocycles. The summed E-state index contributed by atoms with van der Waals surface area (Å²) >= 11 is 2.85. The van der Waals surface area contributed by atoms with Crippen molar-refractivity contribution in [1.29, 1.82) is 0 Å². The van der Waals surface area contributed by atoms with Crippen LogP contribution in [0.25, 0.3) is 5.57 Å². The number of furan rings is 1. The molecule has 3 heterocycles. The maximum atomic E-state index is 12.6. The molecule has 0 aliphatic carbocycles. The molecule has 4 nitrogen and oxygen atoms in total. The van der Waals surface area contributed by atoms with Crippen molar-refractivity contribution in [2.24, 2.45) is 0 Å². The van der Waals surface area contributed by atoms with Crippen molar-refractivity contribution in [3.05, 3.63) is 51.5 Å². The van der Waals surface area contributed by atoms with E-state index in [2.05, 4.69) is 0 Å². The molecule has 114 valence electrons. The Morgan fingerprint density at radius 1 is 1.23 bits per heavy atom. The highest BCUT2D eigenvalue weighted by Crippen LogP contribution is 2.38. The number of thiophene rings is 1. The van der Waals surface area contributed by atoms with E-state index in [-0.39, 0.29) is 11.8 Å². The zero-order chi connectivity index (χ0) is 15.5. The smallest absolute Gasteiger partial charge is 0.268 e. The molecule has 0 bridgehead atoms. The highest BCUT2D eigenvalue weighted by molar-refractivity contribution is 8.03. The maximum absolute atomic E-state index is 12.6. The van der Waals surface area contributed by atoms with E-state index in [1.165, 1.54) is 28.0 Å². The molecule has 1 aliphatic heterocycles. The topological polar surface area (TPSA) is 50.5 Å². The number of carbonyl (C=O) groups excluding carboxylic acids is 2. The lowest BCUT2D eigenvalue weighted by Gasteiger charge is -2.13. The second-order valence-electron chi connectivity index (χ2n) is 4.81. The Bertz CT molecular complexity index is 702. The zero-order valence-corrected chi connectivity index (χ0v) is 13.7. The van der Waals surface area contributed by atoms with Crippen molar-refractivity contribution in [2.75, 3.05) is 6.54 Å². The van der Waals surface area contributed by atoms with Gasteiger partial charge in [0, 0.05) is 11.4 Å². The molecular formula is C16H15NO3S2. The van der Waals surface area contributed by atoms with Crippen LogP contribution in [0.4, 0.5) is 0 Å². The third-order valence-electron chi connectivity index (χ3n) is 3.28. The number of rotatable bonds is 6. The average Bonchev–Trinajstić information content (AvgIpc) is 3.23. The molecule has 1 aliphatic rings. The zero-order valence-electron chi connectivity index (χ0n) is 12.1. The van der Waals surface area contributed by atoms with Crippen LogP contribution in [0.2, 0.25) is 0 Å². The highest BCUT2D eigenvalue weighted by atomic mass is 32.2. The van der Waals surface area contributed by atoms with Crippen molar-refractivity contribution in [1.82, 2.24) is 4.90 Å². The second kappa shape index (κ2) is 6.54. The van der Waals surface area contributed by atoms with Crippen molar-refractivity contribution in [2.45, 2.75) is 19.1 Å². The lowest BCUT2D eigenvalue weighted by atomic mass is 10.2. The number of hydrogen-bond acceptors (Lipinski definition) is 5. The summed E-state index contributed by atoms with van der Waals surface area (Å²) < 4.78 is 5.31. The molecule has 0 N–H and O–H groups in total. The predicted molar refractivity (Wildman–Crippen MR) is 88.3 cm³/mol. The van der Waals surface area contributed by atoms with Crippen molar-refractivity contribution < 1.29 is 14.0 Å². The minimum absolute atomic E-state index is 0.184. The third-order valence-corrected chi connectivity index (χ3v) is 5.26. The fourth-order valence-corrected chi connectivity index (χ4v) is 4.15. The van der Waals surface area contributed by atoms with Crippen LogP contribution in [0.15, 0.2) is 45.2 Å². The first-order valence-corrected chi connectivity index (χ1v) is 8.88. The van der Waals surface area contributed by atoms with Gasteiger partial charge >= 0.3 is 0 Å². The van der Waals surface area contributed by atoms with Crippen LogP contribution in [-0.2, 0) is 15.3 Å². The van der Waals surface area contributed by atoms with Gasteiger partial charge in [-0.1, -0.05) is 13.0 Å². The van der Waals surface area contributed by atoms with Gasteiger partial charge in [0.1, 0.15) is 5.76 Å². The third kappa shape index (κ3) is 2.76. The first-order valence-electron chi connectivity index (χ1n) is 7.02. The Morgan fingerprint density at radius 2 is 2.09 bits per heavy atom. The number of imide groups is 1. The van der Waals surface area contributed by atoms with Crippen LogP contribution in [-0.4, -0.2) is 23.3 Å². The van der Waals surface area contributed by atoms with Gasteiger partial charge in [-0.3, -0.25) is 14.5 Å². The molecule has 0 atom stereocenters. The number of nitrogens with zero attached hydrogens (tertiary/aromatic N) is 1. The predicted octanol–water partition coefficient (Wildman–Crippen LogP) is 3.76. The molecule has 0 unspecified atom stereocenters. The SMILES string of the molecule is CCCN1C(=O)C(SCc2ccco2)=C(c2cccs2)C1=O. The van der Waals surface area contributed by atoms with Gasteiger partial charge in [-0.25, -0.2) is 0 Å². The number of hydrogen-bond donors (Lipinski definition) is 0. The fourth-order valence-electron chi connectivity index (χ4n) is 2.29. The summed E-state index contributed by atoms with van der Waals surface area (Å²) in [6.45, 7) is 2.41. The fraction of sp³-hybridized carbons (Fsp3) is 0.250. The molecule has 6 heteroatoms. The summed E-state index contributed by atoms with van der Waals surface area (Å²) in [6, 6.07) is 7.45. The highest BCUT2D eigenvalue weighted by Gasteiger charge is 2.39. The van der Waals surface area contributed by atoms with E-state index in [4.69, 9.17) is 4.42 Å². The molecule has 3 rings (SSSR count). The number of amides is 2. The first kappa shape index (κ1) is 15.1. The summed E-state index contributed by atoms with van der Waals surface area (Å²) in [6.07, 6.45) is 2.36. The molecule has 2 amide bonds. The van der Waals surface area contributed by atoms with E-state index < -0.39 is 0 Å². The van der Waals surface area contributed by atoms with Crippen molar-refractivity contribution in [3.8, 4) is 0 Å². The summed E-state index contributed by atoms with van der Waals surface area (Å²) in [5, 5.41) is 1.91. The Labute approximate surface area is 136 Å². The molecule has 0 radical (unpaired) electrons. The number of thioether (sulfide) groups is 1. The van der Waals surface area contributed by atoms with Gasteiger partial charge in [0.2, 0.25) is 0 Å². The van der Waals surface area contributed by atoms with E-state index in [0.717, 1.165) is 17.1 Å². The van der Waals surface area contributed by atoms with Gasteiger partial charge < -0.3 is 4.42 Å². The van der Waals surface area contributed by atoms with E-state index in [0.29, 0.717) is 22.8 Å². The van der Waals surface area contributed by atoms with Gasteiger partial charge in [0.05, 0.1) is 22.5 Å². The minimum atomic E-state index is -0.188. The van der Waals surface area contributed by atoms with Crippen LogP contribution >= 0.6 is 23.1 Å². The molecule has 0 spiro atoms. The maximum Gasteiger partial charge on any atom is 0.268 e. The van der Waals surface area contributed by atoms with Gasteiger partial charge in [-0.15, -0.1) is 23.1 Å². The Morgan fingerprint density at radius 3 is 2.73 bits per heavy atom. The van der Waals surface area contributed by atoms with Crippen LogP contribution in [0, 0.1) is 0 Å². The normalized spacial score (nSPS) is 15.2. The average molecular weight is 333 g/mol. The van der Waals surface area contributed by atoms with Gasteiger partial charge in [0.25, 0.3) is 11.8 Å². The quantitative estimate of drug-likeness (QED) is 0.755. The van der Waals surface area contributed by atoms with Crippen LogP contribution < -0.4 is 0 Å². The summed E-state index contributed by atoms with van der Waals surface area (Å²) in [7, 11) is 0. The van der Waals surface area contributed by atoms with Gasteiger partial charge in [-0.2, -0.15) is 0 Å². The largest absolute Gasteiger partial charge is 0.468 e. The molecule has 22 heavy (non-hydrogen) atoms. The van der Waals surface area contributed by atoms with Gasteiger partial charge in [-0.05, 0) is 30.0 Å². The lowest BCUT2D eigenvalue weighted by molar-refractivity contribution is -0.136. The summed E-state index contributed by atoms with van der Waals surface area (Å²) in [4.78, 5) is 27.9. The molecule has 2 aromatic heterocycles. The molecule has 0 fully saturated rings. The minimum Gasteiger partial charge on any atom is -0.468 e. The van der Waals surface area contributed by atoms with E-state index in [9.17, 15) is 9.59 Å². The molecule has 0 saturated carbocycles. The van der Waals surface area contributed by atoms with Crippen LogP contribution in [0.5, 0.6) is 0 Å². The first-order chi connectivity index (χ1) is 10.7. The Balaban J connectivity index is 1.92. The van der Waals surface area contributed by atoms with Crippen molar-refractivity contribution in [3.63, 3.8) is 0 Å². The van der Waals surface area contributed by atoms with Crippen LogP contribution in [0.1, 0.15) is 24.0 Å². The second-order valence-corrected chi connectivity index (χ2v) is 6.74. The molecule has 0 aromatic carbocycles.